The van der Waals surface area contributed by atoms with Crippen LogP contribution in [0, 0.1) is 5.82 Å². The van der Waals surface area contributed by atoms with E-state index in [1.807, 2.05) is 0 Å². The summed E-state index contributed by atoms with van der Waals surface area (Å²) in [4.78, 5) is 5.56. The normalized spacial score (nSPS) is 19.6. The van der Waals surface area contributed by atoms with Crippen LogP contribution < -0.4 is 4.74 Å². The van der Waals surface area contributed by atoms with Crippen molar-refractivity contribution < 1.29 is 27.1 Å². The standard InChI is InChI=1S/C25H21Cl2F4N3O2/c1-24(12-20(33-36-24)14-6-8-15(9-7-14)25(29,30)31)13-35-22-11-21(18(28)10-17(22)26)34-23(27)16-4-2-3-5-19(16)32-34/h6-11H,2-5,12-13H2,1H3. The molecule has 1 unspecified atom stereocenters. The van der Waals surface area contributed by atoms with Gasteiger partial charge >= 0.3 is 6.18 Å². The minimum atomic E-state index is -4.41. The average Bonchev–Trinajstić information content (AvgIpc) is 3.39. The molecular formula is C25H21Cl2F4N3O2. The fraction of sp³-hybridized carbons (Fsp3) is 0.360. The molecule has 5 rings (SSSR count). The number of halogens is 6. The summed E-state index contributed by atoms with van der Waals surface area (Å²) in [6, 6.07) is 7.30. The Kier molecular flexibility index (Phi) is 6.41. The Morgan fingerprint density at radius 3 is 2.53 bits per heavy atom. The van der Waals surface area contributed by atoms with Gasteiger partial charge in [-0.2, -0.15) is 18.3 Å². The molecular weight excluding hydrogens is 521 g/mol. The number of fused-ring (bicyclic) bond motifs is 1. The third-order valence-electron chi connectivity index (χ3n) is 6.32. The van der Waals surface area contributed by atoms with Crippen molar-refractivity contribution in [2.24, 2.45) is 5.16 Å². The zero-order chi connectivity index (χ0) is 25.7. The second-order valence-corrected chi connectivity index (χ2v) is 9.95. The van der Waals surface area contributed by atoms with Gasteiger partial charge in [0.2, 0.25) is 0 Å². The predicted molar refractivity (Wildman–Crippen MR) is 128 cm³/mol. The van der Waals surface area contributed by atoms with Crippen LogP contribution in [0.3, 0.4) is 0 Å². The van der Waals surface area contributed by atoms with E-state index in [-0.39, 0.29) is 23.1 Å². The van der Waals surface area contributed by atoms with E-state index in [2.05, 4.69) is 10.3 Å². The molecule has 0 bridgehead atoms. The number of hydrogen-bond acceptors (Lipinski definition) is 4. The topological polar surface area (TPSA) is 48.6 Å². The molecule has 0 saturated heterocycles. The lowest BCUT2D eigenvalue weighted by molar-refractivity contribution is -0.137. The highest BCUT2D eigenvalue weighted by molar-refractivity contribution is 6.32. The molecule has 2 aromatic carbocycles. The molecule has 2 aliphatic rings. The number of hydrogen-bond donors (Lipinski definition) is 0. The zero-order valence-corrected chi connectivity index (χ0v) is 20.6. The Balaban J connectivity index is 1.31. The van der Waals surface area contributed by atoms with Gasteiger partial charge in [0.05, 0.1) is 22.0 Å². The maximum atomic E-state index is 14.8. The van der Waals surface area contributed by atoms with Gasteiger partial charge in [-0.25, -0.2) is 9.07 Å². The van der Waals surface area contributed by atoms with Gasteiger partial charge in [0.25, 0.3) is 0 Å². The van der Waals surface area contributed by atoms with Crippen LogP contribution in [0.5, 0.6) is 5.75 Å². The van der Waals surface area contributed by atoms with Crippen LogP contribution in [0.2, 0.25) is 10.2 Å². The van der Waals surface area contributed by atoms with Crippen LogP contribution in [0.1, 0.15) is 48.6 Å². The summed E-state index contributed by atoms with van der Waals surface area (Å²) >= 11 is 12.8. The number of aromatic nitrogens is 2. The Morgan fingerprint density at radius 1 is 1.11 bits per heavy atom. The van der Waals surface area contributed by atoms with Crippen molar-refractivity contribution in [2.75, 3.05) is 6.61 Å². The lowest BCUT2D eigenvalue weighted by Gasteiger charge is -2.22. The first kappa shape index (κ1) is 24.9. The minimum Gasteiger partial charge on any atom is -0.488 e. The van der Waals surface area contributed by atoms with E-state index in [9.17, 15) is 17.6 Å². The van der Waals surface area contributed by atoms with Gasteiger partial charge in [0, 0.05) is 18.1 Å². The van der Waals surface area contributed by atoms with E-state index in [1.165, 1.54) is 22.9 Å². The third-order valence-corrected chi connectivity index (χ3v) is 7.00. The van der Waals surface area contributed by atoms with Crippen LogP contribution in [0.25, 0.3) is 5.69 Å². The molecule has 11 heteroatoms. The van der Waals surface area contributed by atoms with Gasteiger partial charge in [-0.1, -0.05) is 40.5 Å². The van der Waals surface area contributed by atoms with E-state index >= 15 is 0 Å². The molecule has 0 N–H and O–H groups in total. The predicted octanol–water partition coefficient (Wildman–Crippen LogP) is 7.18. The second kappa shape index (κ2) is 9.27. The van der Waals surface area contributed by atoms with Crippen molar-refractivity contribution in [1.29, 1.82) is 0 Å². The molecule has 0 spiro atoms. The summed E-state index contributed by atoms with van der Waals surface area (Å²) in [6.45, 7) is 1.76. The van der Waals surface area contributed by atoms with E-state index in [0.29, 0.717) is 22.8 Å². The molecule has 5 nitrogen and oxygen atoms in total. The number of nitrogens with zero attached hydrogens (tertiary/aromatic N) is 3. The van der Waals surface area contributed by atoms with Crippen LogP contribution >= 0.6 is 23.2 Å². The Hall–Kier alpha value is -2.78. The lowest BCUT2D eigenvalue weighted by atomic mass is 9.96. The first-order chi connectivity index (χ1) is 17.0. The molecule has 0 saturated carbocycles. The number of rotatable bonds is 5. The van der Waals surface area contributed by atoms with Gasteiger partial charge in [-0.15, -0.1) is 0 Å². The Bertz CT molecular complexity index is 1340. The molecule has 1 atom stereocenters. The van der Waals surface area contributed by atoms with Crippen LogP contribution in [-0.4, -0.2) is 27.7 Å². The average molecular weight is 542 g/mol. The Morgan fingerprint density at radius 2 is 1.83 bits per heavy atom. The highest BCUT2D eigenvalue weighted by Gasteiger charge is 2.37. The van der Waals surface area contributed by atoms with Crippen molar-refractivity contribution >= 4 is 28.9 Å². The number of oxime groups is 1. The van der Waals surface area contributed by atoms with E-state index in [0.717, 1.165) is 55.1 Å². The van der Waals surface area contributed by atoms with Gasteiger partial charge < -0.3 is 9.57 Å². The number of aryl methyl sites for hydroxylation is 1. The summed E-state index contributed by atoms with van der Waals surface area (Å²) < 4.78 is 60.6. The molecule has 3 aromatic rings. The molecule has 190 valence electrons. The molecule has 1 aliphatic heterocycles. The van der Waals surface area contributed by atoms with E-state index in [1.54, 1.807) is 6.92 Å². The minimum absolute atomic E-state index is 0.00870. The maximum Gasteiger partial charge on any atom is 0.416 e. The molecule has 2 heterocycles. The molecule has 0 fully saturated rings. The molecule has 1 aromatic heterocycles. The highest BCUT2D eigenvalue weighted by atomic mass is 35.5. The molecule has 36 heavy (non-hydrogen) atoms. The van der Waals surface area contributed by atoms with Crippen molar-refractivity contribution in [3.05, 3.63) is 74.8 Å². The summed E-state index contributed by atoms with van der Waals surface area (Å²) in [5, 5.41) is 8.98. The monoisotopic (exact) mass is 541 g/mol. The number of alkyl halides is 3. The van der Waals surface area contributed by atoms with E-state index < -0.39 is 23.2 Å². The van der Waals surface area contributed by atoms with Gasteiger partial charge in [0.1, 0.15) is 23.2 Å². The highest BCUT2D eigenvalue weighted by Crippen LogP contribution is 2.36. The SMILES string of the molecule is CC1(COc2cc(-n3nc4c(c3Cl)CCCC4)c(F)cc2Cl)CC(c2ccc(C(F)(F)F)cc2)=NO1. The summed E-state index contributed by atoms with van der Waals surface area (Å²) in [5.74, 6) is -0.379. The summed E-state index contributed by atoms with van der Waals surface area (Å²) in [5.41, 5.74) is 1.28. The first-order valence-corrected chi connectivity index (χ1v) is 12.1. The van der Waals surface area contributed by atoms with Crippen molar-refractivity contribution in [3.8, 4) is 11.4 Å². The van der Waals surface area contributed by atoms with Crippen molar-refractivity contribution in [3.63, 3.8) is 0 Å². The second-order valence-electron chi connectivity index (χ2n) is 9.19. The van der Waals surface area contributed by atoms with E-state index in [4.69, 9.17) is 32.8 Å². The molecule has 0 amide bonds. The lowest BCUT2D eigenvalue weighted by Crippen LogP contribution is -2.33. The van der Waals surface area contributed by atoms with Gasteiger partial charge in [0.15, 0.2) is 11.4 Å². The first-order valence-electron chi connectivity index (χ1n) is 11.4. The van der Waals surface area contributed by atoms with Gasteiger partial charge in [-0.3, -0.25) is 0 Å². The Labute approximate surface area is 214 Å². The number of ether oxygens (including phenoxy) is 1. The largest absolute Gasteiger partial charge is 0.488 e. The van der Waals surface area contributed by atoms with Crippen LogP contribution in [0.15, 0.2) is 41.6 Å². The summed E-state index contributed by atoms with van der Waals surface area (Å²) in [7, 11) is 0. The van der Waals surface area contributed by atoms with Gasteiger partial charge in [-0.05, 0) is 56.4 Å². The van der Waals surface area contributed by atoms with Crippen LogP contribution in [0.4, 0.5) is 17.6 Å². The molecule has 0 radical (unpaired) electrons. The maximum absolute atomic E-state index is 14.8. The fourth-order valence-electron chi connectivity index (χ4n) is 4.36. The smallest absolute Gasteiger partial charge is 0.416 e. The molecule has 1 aliphatic carbocycles. The third kappa shape index (κ3) is 4.78. The number of benzene rings is 2. The quantitative estimate of drug-likeness (QED) is 0.321. The van der Waals surface area contributed by atoms with Crippen molar-refractivity contribution in [1.82, 2.24) is 9.78 Å². The fourth-order valence-corrected chi connectivity index (χ4v) is 4.90. The van der Waals surface area contributed by atoms with Crippen LogP contribution in [-0.2, 0) is 23.9 Å². The van der Waals surface area contributed by atoms with Crippen molar-refractivity contribution in [2.45, 2.75) is 50.8 Å². The zero-order valence-electron chi connectivity index (χ0n) is 19.1. The summed E-state index contributed by atoms with van der Waals surface area (Å²) in [6.07, 6.45) is -0.525.